The summed E-state index contributed by atoms with van der Waals surface area (Å²) in [6.07, 6.45) is -0.158. The monoisotopic (exact) mass is 344 g/mol. The van der Waals surface area contributed by atoms with Crippen molar-refractivity contribution in [2.45, 2.75) is 18.9 Å². The van der Waals surface area contributed by atoms with E-state index in [4.69, 9.17) is 16.3 Å². The van der Waals surface area contributed by atoms with Gasteiger partial charge in [0.25, 0.3) is 5.91 Å². The standard InChI is InChI=1S/C18H17ClN2O3/c19-13-5-3-4-12(10-13)8-9-20-17(22)11-16-18(23)21-14-6-1-2-7-15(14)24-16/h1-7,10,16H,8-9,11H2,(H,20,22)(H,21,23). The summed E-state index contributed by atoms with van der Waals surface area (Å²) in [6, 6.07) is 14.6. The number of anilines is 1. The Morgan fingerprint density at radius 3 is 2.88 bits per heavy atom. The van der Waals surface area contributed by atoms with Crippen LogP contribution >= 0.6 is 11.6 Å². The number of carbonyl (C=O) groups is 2. The SMILES string of the molecule is O=C(CC1Oc2ccccc2NC1=O)NCCc1cccc(Cl)c1. The summed E-state index contributed by atoms with van der Waals surface area (Å²) in [6.45, 7) is 0.476. The average molecular weight is 345 g/mol. The van der Waals surface area contributed by atoms with E-state index in [-0.39, 0.29) is 18.2 Å². The second-order valence-electron chi connectivity index (χ2n) is 5.53. The Morgan fingerprint density at radius 2 is 2.04 bits per heavy atom. The van der Waals surface area contributed by atoms with Crippen molar-refractivity contribution in [3.8, 4) is 5.75 Å². The highest BCUT2D eigenvalue weighted by Crippen LogP contribution is 2.29. The number of hydrogen-bond donors (Lipinski definition) is 2. The van der Waals surface area contributed by atoms with Crippen molar-refractivity contribution in [1.29, 1.82) is 0 Å². The van der Waals surface area contributed by atoms with Gasteiger partial charge >= 0.3 is 0 Å². The molecule has 0 fully saturated rings. The molecular formula is C18H17ClN2O3. The maximum absolute atomic E-state index is 12.0. The topological polar surface area (TPSA) is 67.4 Å². The number of fused-ring (bicyclic) bond motifs is 1. The molecule has 0 bridgehead atoms. The molecule has 0 radical (unpaired) electrons. The van der Waals surface area contributed by atoms with Crippen LogP contribution in [0, 0.1) is 0 Å². The van der Waals surface area contributed by atoms with Gasteiger partial charge in [-0.15, -0.1) is 0 Å². The predicted molar refractivity (Wildman–Crippen MR) is 92.3 cm³/mol. The van der Waals surface area contributed by atoms with Gasteiger partial charge in [0.15, 0.2) is 6.10 Å². The van der Waals surface area contributed by atoms with Gasteiger partial charge in [-0.3, -0.25) is 9.59 Å². The lowest BCUT2D eigenvalue weighted by Gasteiger charge is -2.25. The van der Waals surface area contributed by atoms with Gasteiger partial charge in [-0.05, 0) is 36.2 Å². The molecule has 6 heteroatoms. The molecule has 0 spiro atoms. The molecule has 3 rings (SSSR count). The van der Waals surface area contributed by atoms with Crippen LogP contribution < -0.4 is 15.4 Å². The minimum atomic E-state index is -0.814. The van der Waals surface area contributed by atoms with Gasteiger partial charge < -0.3 is 15.4 Å². The summed E-state index contributed by atoms with van der Waals surface area (Å²) in [7, 11) is 0. The molecule has 2 amide bonds. The Morgan fingerprint density at radius 1 is 1.21 bits per heavy atom. The number of hydrogen-bond acceptors (Lipinski definition) is 3. The van der Waals surface area contributed by atoms with Crippen LogP contribution in [0.2, 0.25) is 5.02 Å². The third-order valence-electron chi connectivity index (χ3n) is 3.70. The maximum atomic E-state index is 12.0. The number of para-hydroxylation sites is 2. The zero-order valence-electron chi connectivity index (χ0n) is 12.9. The lowest BCUT2D eigenvalue weighted by Crippen LogP contribution is -2.41. The third kappa shape index (κ3) is 4.06. The summed E-state index contributed by atoms with van der Waals surface area (Å²) in [5, 5.41) is 6.22. The van der Waals surface area contributed by atoms with E-state index in [9.17, 15) is 9.59 Å². The Kier molecular flexibility index (Phi) is 5.01. The molecule has 1 aliphatic heterocycles. The van der Waals surface area contributed by atoms with Crippen molar-refractivity contribution in [3.63, 3.8) is 0 Å². The summed E-state index contributed by atoms with van der Waals surface area (Å²) < 4.78 is 5.60. The van der Waals surface area contributed by atoms with Gasteiger partial charge in [0.2, 0.25) is 5.91 Å². The number of benzene rings is 2. The molecule has 5 nitrogen and oxygen atoms in total. The third-order valence-corrected chi connectivity index (χ3v) is 3.94. The van der Waals surface area contributed by atoms with E-state index in [2.05, 4.69) is 10.6 Å². The van der Waals surface area contributed by atoms with Gasteiger partial charge in [-0.1, -0.05) is 35.9 Å². The highest BCUT2D eigenvalue weighted by Gasteiger charge is 2.29. The highest BCUT2D eigenvalue weighted by atomic mass is 35.5. The normalized spacial score (nSPS) is 15.9. The summed E-state index contributed by atoms with van der Waals surface area (Å²) >= 11 is 5.92. The zero-order valence-corrected chi connectivity index (χ0v) is 13.7. The summed E-state index contributed by atoms with van der Waals surface area (Å²) in [5.41, 5.74) is 1.67. The fourth-order valence-corrected chi connectivity index (χ4v) is 2.72. The molecule has 2 aromatic carbocycles. The van der Waals surface area contributed by atoms with Crippen LogP contribution in [0.4, 0.5) is 5.69 Å². The van der Waals surface area contributed by atoms with E-state index in [1.165, 1.54) is 0 Å². The van der Waals surface area contributed by atoms with Gasteiger partial charge in [-0.25, -0.2) is 0 Å². The van der Waals surface area contributed by atoms with E-state index in [1.807, 2.05) is 30.3 Å². The Balaban J connectivity index is 1.49. The molecular weight excluding hydrogens is 328 g/mol. The summed E-state index contributed by atoms with van der Waals surface area (Å²) in [4.78, 5) is 24.0. The van der Waals surface area contributed by atoms with E-state index in [0.29, 0.717) is 29.4 Å². The molecule has 2 N–H and O–H groups in total. The largest absolute Gasteiger partial charge is 0.478 e. The van der Waals surface area contributed by atoms with Crippen molar-refractivity contribution in [1.82, 2.24) is 5.32 Å². The fraction of sp³-hybridized carbons (Fsp3) is 0.222. The van der Waals surface area contributed by atoms with Crippen LogP contribution in [0.25, 0.3) is 0 Å². The number of halogens is 1. The molecule has 0 aliphatic carbocycles. The van der Waals surface area contributed by atoms with E-state index < -0.39 is 6.10 Å². The first-order chi connectivity index (χ1) is 11.6. The molecule has 0 saturated heterocycles. The van der Waals surface area contributed by atoms with Crippen molar-refractivity contribution in [3.05, 3.63) is 59.1 Å². The maximum Gasteiger partial charge on any atom is 0.266 e. The molecule has 1 unspecified atom stereocenters. The molecule has 0 aromatic heterocycles. The van der Waals surface area contributed by atoms with Gasteiger partial charge in [0.1, 0.15) is 5.75 Å². The smallest absolute Gasteiger partial charge is 0.266 e. The predicted octanol–water partition coefficient (Wildman–Crippen LogP) is 2.79. The molecule has 124 valence electrons. The number of carbonyl (C=O) groups excluding carboxylic acids is 2. The number of rotatable bonds is 5. The number of amides is 2. The van der Waals surface area contributed by atoms with E-state index in [1.54, 1.807) is 18.2 Å². The van der Waals surface area contributed by atoms with Crippen LogP contribution in [-0.2, 0) is 16.0 Å². The van der Waals surface area contributed by atoms with E-state index in [0.717, 1.165) is 5.56 Å². The first-order valence-corrected chi connectivity index (χ1v) is 8.07. The zero-order chi connectivity index (χ0) is 16.9. The fourth-order valence-electron chi connectivity index (χ4n) is 2.51. The second-order valence-corrected chi connectivity index (χ2v) is 5.96. The second kappa shape index (κ2) is 7.36. The van der Waals surface area contributed by atoms with Crippen LogP contribution in [-0.4, -0.2) is 24.5 Å². The molecule has 1 atom stereocenters. The minimum absolute atomic E-state index is 0.0181. The quantitative estimate of drug-likeness (QED) is 0.876. The van der Waals surface area contributed by atoms with Crippen molar-refractivity contribution in [2.24, 2.45) is 0 Å². The number of ether oxygens (including phenoxy) is 1. The van der Waals surface area contributed by atoms with Gasteiger partial charge in [0.05, 0.1) is 12.1 Å². The van der Waals surface area contributed by atoms with E-state index >= 15 is 0 Å². The Labute approximate surface area is 145 Å². The first kappa shape index (κ1) is 16.3. The molecule has 1 heterocycles. The Bertz CT molecular complexity index is 763. The van der Waals surface area contributed by atoms with Gasteiger partial charge in [0, 0.05) is 11.6 Å². The Hall–Kier alpha value is -2.53. The molecule has 0 saturated carbocycles. The van der Waals surface area contributed by atoms with Crippen LogP contribution in [0.1, 0.15) is 12.0 Å². The minimum Gasteiger partial charge on any atom is -0.478 e. The van der Waals surface area contributed by atoms with Crippen LogP contribution in [0.15, 0.2) is 48.5 Å². The lowest BCUT2D eigenvalue weighted by molar-refractivity contribution is -0.130. The van der Waals surface area contributed by atoms with Crippen molar-refractivity contribution < 1.29 is 14.3 Å². The highest BCUT2D eigenvalue weighted by molar-refractivity contribution is 6.30. The lowest BCUT2D eigenvalue weighted by atomic mass is 10.1. The molecule has 2 aromatic rings. The van der Waals surface area contributed by atoms with Crippen molar-refractivity contribution >= 4 is 29.1 Å². The van der Waals surface area contributed by atoms with Crippen molar-refractivity contribution in [2.75, 3.05) is 11.9 Å². The average Bonchev–Trinajstić information content (AvgIpc) is 2.55. The van der Waals surface area contributed by atoms with Gasteiger partial charge in [-0.2, -0.15) is 0 Å². The molecule has 1 aliphatic rings. The van der Waals surface area contributed by atoms with Crippen LogP contribution in [0.5, 0.6) is 5.75 Å². The van der Waals surface area contributed by atoms with Crippen LogP contribution in [0.3, 0.4) is 0 Å². The first-order valence-electron chi connectivity index (χ1n) is 7.69. The summed E-state index contributed by atoms with van der Waals surface area (Å²) in [5.74, 6) is 0.0454. The number of nitrogens with one attached hydrogen (secondary N) is 2. The molecule has 24 heavy (non-hydrogen) atoms.